The van der Waals surface area contributed by atoms with Gasteiger partial charge in [-0.15, -0.1) is 11.3 Å². The summed E-state index contributed by atoms with van der Waals surface area (Å²) in [4.78, 5) is 26.1. The molecular formula is C26H33BrO5S. The zero-order valence-electron chi connectivity index (χ0n) is 20.1. The lowest BCUT2D eigenvalue weighted by Gasteiger charge is -2.44. The summed E-state index contributed by atoms with van der Waals surface area (Å²) >= 11 is 5.44. The number of benzene rings is 1. The lowest BCUT2D eigenvalue weighted by Crippen LogP contribution is -2.52. The first kappa shape index (κ1) is 25.9. The molecule has 0 saturated carbocycles. The molecule has 0 amide bonds. The van der Waals surface area contributed by atoms with E-state index in [1.807, 2.05) is 6.92 Å². The third-order valence-corrected chi connectivity index (χ3v) is 8.94. The molecule has 0 radical (unpaired) electrons. The van der Waals surface area contributed by atoms with E-state index >= 15 is 0 Å². The van der Waals surface area contributed by atoms with E-state index in [4.69, 9.17) is 14.2 Å². The van der Waals surface area contributed by atoms with Gasteiger partial charge in [0.2, 0.25) is 0 Å². The SMILES string of the molecule is CCc1ccc(Cc2sc([C@@H]3O[C@H](CC)[C@@H](C)[C@H](OC(C)=O)[C@H]3OC(C)=O)c(Br)c2C)cc1. The Morgan fingerprint density at radius 1 is 1.03 bits per heavy atom. The second-order valence-electron chi connectivity index (χ2n) is 8.69. The van der Waals surface area contributed by atoms with E-state index in [-0.39, 0.29) is 12.0 Å². The Kier molecular flexibility index (Phi) is 8.76. The fourth-order valence-electron chi connectivity index (χ4n) is 4.43. The van der Waals surface area contributed by atoms with E-state index in [0.29, 0.717) is 0 Å². The molecule has 180 valence electrons. The number of rotatable bonds is 7. The minimum Gasteiger partial charge on any atom is -0.458 e. The van der Waals surface area contributed by atoms with Gasteiger partial charge in [-0.2, -0.15) is 0 Å². The third kappa shape index (κ3) is 5.87. The standard InChI is InChI=1S/C26H33BrO5S/c1-7-18-9-11-19(12-10-18)13-21-15(4)22(27)26(33-21)25-24(31-17(6)29)23(30-16(5)28)14(3)20(8-2)32-25/h9-12,14,20,23-25H,7-8,13H2,1-6H3/t14-,20-,23+,24-,25-/m1/s1. The minimum atomic E-state index is -0.713. The van der Waals surface area contributed by atoms with Crippen molar-refractivity contribution in [2.75, 3.05) is 0 Å². The van der Waals surface area contributed by atoms with Crippen LogP contribution in [0.3, 0.4) is 0 Å². The molecule has 0 aliphatic carbocycles. The van der Waals surface area contributed by atoms with E-state index in [1.165, 1.54) is 29.9 Å². The molecule has 2 heterocycles. The molecule has 1 saturated heterocycles. The number of halogens is 1. The number of ether oxygens (including phenoxy) is 3. The third-order valence-electron chi connectivity index (χ3n) is 6.31. The first-order valence-electron chi connectivity index (χ1n) is 11.5. The van der Waals surface area contributed by atoms with Gasteiger partial charge in [0.25, 0.3) is 0 Å². The van der Waals surface area contributed by atoms with Crippen molar-refractivity contribution in [2.24, 2.45) is 5.92 Å². The van der Waals surface area contributed by atoms with Crippen molar-refractivity contribution in [1.82, 2.24) is 0 Å². The van der Waals surface area contributed by atoms with Gasteiger partial charge in [-0.3, -0.25) is 9.59 Å². The van der Waals surface area contributed by atoms with E-state index in [1.54, 1.807) is 11.3 Å². The fraction of sp³-hybridized carbons (Fsp3) is 0.538. The van der Waals surface area contributed by atoms with Crippen molar-refractivity contribution in [3.05, 3.63) is 55.2 Å². The van der Waals surface area contributed by atoms with Crippen molar-refractivity contribution in [1.29, 1.82) is 0 Å². The summed E-state index contributed by atoms with van der Waals surface area (Å²) in [7, 11) is 0. The highest BCUT2D eigenvalue weighted by Crippen LogP contribution is 2.46. The monoisotopic (exact) mass is 536 g/mol. The number of carbonyl (C=O) groups excluding carboxylic acids is 2. The highest BCUT2D eigenvalue weighted by Gasteiger charge is 2.49. The number of carbonyl (C=O) groups is 2. The smallest absolute Gasteiger partial charge is 0.303 e. The summed E-state index contributed by atoms with van der Waals surface area (Å²) in [6.45, 7) is 11.0. The van der Waals surface area contributed by atoms with Crippen molar-refractivity contribution in [3.63, 3.8) is 0 Å². The van der Waals surface area contributed by atoms with Crippen LogP contribution in [0.1, 0.15) is 73.6 Å². The van der Waals surface area contributed by atoms with E-state index in [0.717, 1.165) is 34.2 Å². The Morgan fingerprint density at radius 2 is 1.61 bits per heavy atom. The average Bonchev–Trinajstić information content (AvgIpc) is 3.05. The van der Waals surface area contributed by atoms with Gasteiger partial charge in [0, 0.05) is 35.5 Å². The quantitative estimate of drug-likeness (QED) is 0.387. The Hall–Kier alpha value is -1.70. The molecule has 0 unspecified atom stereocenters. The molecule has 1 fully saturated rings. The maximum absolute atomic E-state index is 12.0. The minimum absolute atomic E-state index is 0.101. The van der Waals surface area contributed by atoms with Gasteiger partial charge in [0.15, 0.2) is 6.10 Å². The summed E-state index contributed by atoms with van der Waals surface area (Å²) in [5, 5.41) is 0. The van der Waals surface area contributed by atoms with Crippen LogP contribution in [-0.2, 0) is 36.6 Å². The molecular weight excluding hydrogens is 504 g/mol. The summed E-state index contributed by atoms with van der Waals surface area (Å²) in [5.74, 6) is -0.915. The van der Waals surface area contributed by atoms with Crippen LogP contribution in [0.5, 0.6) is 0 Å². The normalized spacial score (nSPS) is 25.0. The highest BCUT2D eigenvalue weighted by atomic mass is 79.9. The van der Waals surface area contributed by atoms with Gasteiger partial charge in [-0.25, -0.2) is 0 Å². The summed E-state index contributed by atoms with van der Waals surface area (Å²) in [6, 6.07) is 8.70. The van der Waals surface area contributed by atoms with E-state index in [9.17, 15) is 9.59 Å². The van der Waals surface area contributed by atoms with Gasteiger partial charge in [-0.1, -0.05) is 45.0 Å². The van der Waals surface area contributed by atoms with Gasteiger partial charge < -0.3 is 14.2 Å². The molecule has 5 atom stereocenters. The Balaban J connectivity index is 1.99. The molecule has 0 bridgehead atoms. The number of aryl methyl sites for hydroxylation is 1. The average molecular weight is 538 g/mol. The fourth-order valence-corrected chi connectivity index (χ4v) is 6.58. The second-order valence-corrected chi connectivity index (χ2v) is 10.6. The van der Waals surface area contributed by atoms with Crippen LogP contribution in [0.15, 0.2) is 28.7 Å². The van der Waals surface area contributed by atoms with Gasteiger partial charge in [0.1, 0.15) is 12.2 Å². The van der Waals surface area contributed by atoms with Crippen LogP contribution in [-0.4, -0.2) is 30.3 Å². The highest BCUT2D eigenvalue weighted by molar-refractivity contribution is 9.10. The summed E-state index contributed by atoms with van der Waals surface area (Å²) in [5.41, 5.74) is 3.71. The lowest BCUT2D eigenvalue weighted by molar-refractivity contribution is -0.225. The maximum Gasteiger partial charge on any atom is 0.303 e. The molecule has 1 aliphatic heterocycles. The van der Waals surface area contributed by atoms with Crippen LogP contribution in [0.2, 0.25) is 0 Å². The first-order chi connectivity index (χ1) is 15.7. The molecule has 1 aromatic carbocycles. The summed E-state index contributed by atoms with van der Waals surface area (Å²) < 4.78 is 18.9. The van der Waals surface area contributed by atoms with Gasteiger partial charge >= 0.3 is 11.9 Å². The Labute approximate surface area is 208 Å². The van der Waals surface area contributed by atoms with Crippen LogP contribution < -0.4 is 0 Å². The predicted molar refractivity (Wildman–Crippen MR) is 134 cm³/mol. The van der Waals surface area contributed by atoms with Crippen LogP contribution in [0, 0.1) is 12.8 Å². The predicted octanol–water partition coefficient (Wildman–Crippen LogP) is 6.32. The van der Waals surface area contributed by atoms with Crippen molar-refractivity contribution in [3.8, 4) is 0 Å². The van der Waals surface area contributed by atoms with Crippen molar-refractivity contribution in [2.45, 2.75) is 85.2 Å². The molecule has 2 aromatic rings. The van der Waals surface area contributed by atoms with Crippen LogP contribution >= 0.6 is 27.3 Å². The van der Waals surface area contributed by atoms with E-state index in [2.05, 4.69) is 61.0 Å². The second kappa shape index (κ2) is 11.2. The van der Waals surface area contributed by atoms with E-state index < -0.39 is 30.3 Å². The largest absolute Gasteiger partial charge is 0.458 e. The first-order valence-corrected chi connectivity index (χ1v) is 13.1. The van der Waals surface area contributed by atoms with Crippen molar-refractivity contribution >= 4 is 39.2 Å². The molecule has 0 spiro atoms. The van der Waals surface area contributed by atoms with Gasteiger partial charge in [0.05, 0.1) is 11.0 Å². The topological polar surface area (TPSA) is 61.8 Å². The number of thiophene rings is 1. The van der Waals surface area contributed by atoms with Crippen LogP contribution in [0.4, 0.5) is 0 Å². The zero-order chi connectivity index (χ0) is 24.3. The Bertz CT molecular complexity index is 983. The Morgan fingerprint density at radius 3 is 2.15 bits per heavy atom. The number of esters is 2. The molecule has 5 nitrogen and oxygen atoms in total. The molecule has 33 heavy (non-hydrogen) atoms. The molecule has 1 aliphatic rings. The lowest BCUT2D eigenvalue weighted by atomic mass is 9.86. The molecule has 3 rings (SSSR count). The summed E-state index contributed by atoms with van der Waals surface area (Å²) in [6.07, 6.45) is 0.667. The molecule has 7 heteroatoms. The molecule has 0 N–H and O–H groups in total. The van der Waals surface area contributed by atoms with Gasteiger partial charge in [-0.05, 0) is 52.4 Å². The van der Waals surface area contributed by atoms with Crippen LogP contribution in [0.25, 0.3) is 0 Å². The zero-order valence-corrected chi connectivity index (χ0v) is 22.5. The van der Waals surface area contributed by atoms with Crippen molar-refractivity contribution < 1.29 is 23.8 Å². The molecule has 1 aromatic heterocycles. The maximum atomic E-state index is 12.0. The number of hydrogen-bond acceptors (Lipinski definition) is 6. The number of hydrogen-bond donors (Lipinski definition) is 0.